The second kappa shape index (κ2) is 10.7. The Morgan fingerprint density at radius 2 is 1.70 bits per heavy atom. The van der Waals surface area contributed by atoms with Crippen LogP contribution in [0.25, 0.3) is 11.0 Å². The second-order valence-electron chi connectivity index (χ2n) is 7.91. The molecule has 1 amide bonds. The van der Waals surface area contributed by atoms with Gasteiger partial charge in [-0.25, -0.2) is 9.78 Å². The molecule has 1 aromatic heterocycles. The van der Waals surface area contributed by atoms with Crippen molar-refractivity contribution in [3.8, 4) is 0 Å². The zero-order chi connectivity index (χ0) is 24.1. The van der Waals surface area contributed by atoms with Crippen LogP contribution in [0.2, 0.25) is 0 Å². The Morgan fingerprint density at radius 1 is 1.03 bits per heavy atom. The summed E-state index contributed by atoms with van der Waals surface area (Å²) < 4.78 is 7.11. The minimum atomic E-state index is -0.378. The van der Waals surface area contributed by atoms with Crippen molar-refractivity contribution in [1.82, 2.24) is 9.55 Å². The molecule has 0 radical (unpaired) electrons. The summed E-state index contributed by atoms with van der Waals surface area (Å²) in [4.78, 5) is 41.6. The van der Waals surface area contributed by atoms with Crippen molar-refractivity contribution in [1.29, 1.82) is 0 Å². The van der Waals surface area contributed by atoms with Crippen molar-refractivity contribution in [2.45, 2.75) is 51.6 Å². The fraction of sp³-hybridized carbons (Fsp3) is 0.360. The summed E-state index contributed by atoms with van der Waals surface area (Å²) in [6.07, 6.45) is 0. The van der Waals surface area contributed by atoms with Crippen molar-refractivity contribution in [2.24, 2.45) is 5.92 Å². The zero-order valence-electron chi connectivity index (χ0n) is 19.5. The third kappa shape index (κ3) is 5.63. The number of aryl methyl sites for hydroxylation is 1. The number of rotatable bonds is 9. The standard InChI is InChI=1S/C25H29N3O4S/c1-6-28-21-13-10-18(24(31)32-7-2)14-20(21)27-25(28)33-16(5)22(29)17-8-11-19(12-9-17)26-23(30)15(3)4/h8-16H,6-7H2,1-5H3,(H,26,30)/t16-/m1/s1. The highest BCUT2D eigenvalue weighted by molar-refractivity contribution is 8.00. The first-order valence-corrected chi connectivity index (χ1v) is 11.9. The van der Waals surface area contributed by atoms with Crippen molar-refractivity contribution in [3.05, 3.63) is 53.6 Å². The lowest BCUT2D eigenvalue weighted by molar-refractivity contribution is -0.118. The lowest BCUT2D eigenvalue weighted by atomic mass is 10.1. The molecule has 2 aromatic carbocycles. The Hall–Kier alpha value is -3.13. The van der Waals surface area contributed by atoms with Gasteiger partial charge < -0.3 is 14.6 Å². The summed E-state index contributed by atoms with van der Waals surface area (Å²) in [6.45, 7) is 10.3. The summed E-state index contributed by atoms with van der Waals surface area (Å²) in [5.41, 5.74) is 3.28. The van der Waals surface area contributed by atoms with Crippen molar-refractivity contribution >= 4 is 46.1 Å². The van der Waals surface area contributed by atoms with Crippen LogP contribution in [0.15, 0.2) is 47.6 Å². The lowest BCUT2D eigenvalue weighted by Gasteiger charge is -2.12. The fourth-order valence-corrected chi connectivity index (χ4v) is 4.36. The Kier molecular flexibility index (Phi) is 7.92. The number of carbonyl (C=O) groups excluding carboxylic acids is 3. The third-order valence-electron chi connectivity index (χ3n) is 5.15. The maximum absolute atomic E-state index is 13.0. The van der Waals surface area contributed by atoms with Crippen LogP contribution >= 0.6 is 11.8 Å². The van der Waals surface area contributed by atoms with Crippen LogP contribution in [0.3, 0.4) is 0 Å². The number of nitrogens with zero attached hydrogens (tertiary/aromatic N) is 2. The van der Waals surface area contributed by atoms with Gasteiger partial charge in [-0.3, -0.25) is 9.59 Å². The van der Waals surface area contributed by atoms with Gasteiger partial charge in [-0.05, 0) is 63.2 Å². The molecule has 0 fully saturated rings. The number of nitrogens with one attached hydrogen (secondary N) is 1. The van der Waals surface area contributed by atoms with E-state index in [4.69, 9.17) is 4.74 Å². The van der Waals surface area contributed by atoms with E-state index >= 15 is 0 Å². The highest BCUT2D eigenvalue weighted by atomic mass is 32.2. The number of amides is 1. The molecule has 0 aliphatic carbocycles. The minimum absolute atomic E-state index is 0.0244. The largest absolute Gasteiger partial charge is 0.462 e. The smallest absolute Gasteiger partial charge is 0.338 e. The molecule has 0 aliphatic rings. The Balaban J connectivity index is 1.77. The van der Waals surface area contributed by atoms with Gasteiger partial charge in [0.25, 0.3) is 0 Å². The number of Topliss-reactive ketones (excluding diaryl/α,β-unsaturated/α-hetero) is 1. The van der Waals surface area contributed by atoms with E-state index in [1.165, 1.54) is 11.8 Å². The predicted molar refractivity (Wildman–Crippen MR) is 131 cm³/mol. The molecular weight excluding hydrogens is 438 g/mol. The predicted octanol–water partition coefficient (Wildman–Crippen LogP) is 5.19. The first-order valence-electron chi connectivity index (χ1n) is 11.0. The number of fused-ring (bicyclic) bond motifs is 1. The van der Waals surface area contributed by atoms with E-state index < -0.39 is 0 Å². The van der Waals surface area contributed by atoms with Gasteiger partial charge in [-0.15, -0.1) is 0 Å². The van der Waals surface area contributed by atoms with Gasteiger partial charge in [0, 0.05) is 23.7 Å². The SMILES string of the molecule is CCOC(=O)c1ccc2c(c1)nc(S[C@H](C)C(=O)c1ccc(NC(=O)C(C)C)cc1)n2CC. The highest BCUT2D eigenvalue weighted by Gasteiger charge is 2.21. The van der Waals surface area contributed by atoms with Crippen LogP contribution in [0.1, 0.15) is 55.3 Å². The molecule has 1 atom stereocenters. The molecule has 174 valence electrons. The molecule has 0 spiro atoms. The first-order chi connectivity index (χ1) is 15.7. The van der Waals surface area contributed by atoms with E-state index in [9.17, 15) is 14.4 Å². The van der Waals surface area contributed by atoms with Crippen molar-refractivity contribution in [3.63, 3.8) is 0 Å². The van der Waals surface area contributed by atoms with Gasteiger partial charge in [0.05, 0.1) is 28.5 Å². The molecule has 0 saturated heterocycles. The van der Waals surface area contributed by atoms with Crippen LogP contribution in [0.5, 0.6) is 0 Å². The van der Waals surface area contributed by atoms with Crippen LogP contribution < -0.4 is 5.32 Å². The number of carbonyl (C=O) groups is 3. The Morgan fingerprint density at radius 3 is 2.30 bits per heavy atom. The molecular formula is C25H29N3O4S. The number of anilines is 1. The average Bonchev–Trinajstić information content (AvgIpc) is 3.15. The van der Waals surface area contributed by atoms with E-state index in [1.54, 1.807) is 43.3 Å². The number of aromatic nitrogens is 2. The minimum Gasteiger partial charge on any atom is -0.462 e. The van der Waals surface area contributed by atoms with Crippen LogP contribution in [0, 0.1) is 5.92 Å². The summed E-state index contributed by atoms with van der Waals surface area (Å²) in [7, 11) is 0. The number of esters is 1. The van der Waals surface area contributed by atoms with E-state index in [0.717, 1.165) is 10.7 Å². The van der Waals surface area contributed by atoms with Gasteiger partial charge in [-0.2, -0.15) is 0 Å². The average molecular weight is 468 g/mol. The zero-order valence-corrected chi connectivity index (χ0v) is 20.4. The molecule has 0 bridgehead atoms. The molecule has 3 rings (SSSR count). The van der Waals surface area contributed by atoms with E-state index in [2.05, 4.69) is 10.3 Å². The Bertz CT molecular complexity index is 1170. The number of hydrogen-bond acceptors (Lipinski definition) is 6. The maximum Gasteiger partial charge on any atom is 0.338 e. The molecule has 0 aliphatic heterocycles. The number of thioether (sulfide) groups is 1. The summed E-state index contributed by atoms with van der Waals surface area (Å²) in [5.74, 6) is -0.587. The highest BCUT2D eigenvalue weighted by Crippen LogP contribution is 2.29. The number of ether oxygens (including phenoxy) is 1. The topological polar surface area (TPSA) is 90.3 Å². The van der Waals surface area contributed by atoms with Gasteiger partial charge in [0.15, 0.2) is 10.9 Å². The number of benzene rings is 2. The van der Waals surface area contributed by atoms with Gasteiger partial charge in [0.2, 0.25) is 5.91 Å². The van der Waals surface area contributed by atoms with Gasteiger partial charge in [0.1, 0.15) is 0 Å². The quantitative estimate of drug-likeness (QED) is 0.265. The molecule has 8 heteroatoms. The van der Waals surface area contributed by atoms with E-state index in [1.807, 2.05) is 38.3 Å². The molecule has 33 heavy (non-hydrogen) atoms. The molecule has 0 saturated carbocycles. The second-order valence-corrected chi connectivity index (χ2v) is 9.22. The van der Waals surface area contributed by atoms with Gasteiger partial charge in [-0.1, -0.05) is 25.6 Å². The van der Waals surface area contributed by atoms with E-state index in [-0.39, 0.29) is 28.8 Å². The maximum atomic E-state index is 13.0. The normalized spacial score (nSPS) is 12.1. The molecule has 7 nitrogen and oxygen atoms in total. The molecule has 1 N–H and O–H groups in total. The van der Waals surface area contributed by atoms with Crippen molar-refractivity contribution in [2.75, 3.05) is 11.9 Å². The van der Waals surface area contributed by atoms with Crippen LogP contribution in [-0.2, 0) is 16.1 Å². The van der Waals surface area contributed by atoms with E-state index in [0.29, 0.717) is 35.5 Å². The number of hydrogen-bond donors (Lipinski definition) is 1. The summed E-state index contributed by atoms with van der Waals surface area (Å²) >= 11 is 1.38. The molecule has 1 heterocycles. The van der Waals surface area contributed by atoms with Crippen molar-refractivity contribution < 1.29 is 19.1 Å². The van der Waals surface area contributed by atoms with Gasteiger partial charge >= 0.3 is 5.97 Å². The summed E-state index contributed by atoms with van der Waals surface area (Å²) in [6, 6.07) is 12.2. The lowest BCUT2D eigenvalue weighted by Crippen LogP contribution is -2.18. The molecule has 3 aromatic rings. The number of ketones is 1. The first kappa shape index (κ1) is 24.5. The third-order valence-corrected chi connectivity index (χ3v) is 6.24. The fourth-order valence-electron chi connectivity index (χ4n) is 3.30. The Labute approximate surface area is 197 Å². The van der Waals surface area contributed by atoms with Crippen LogP contribution in [-0.4, -0.2) is 39.1 Å². The summed E-state index contributed by atoms with van der Waals surface area (Å²) in [5, 5.41) is 3.18. The number of imidazole rings is 1. The molecule has 0 unspecified atom stereocenters. The van der Waals surface area contributed by atoms with Crippen LogP contribution in [0.4, 0.5) is 5.69 Å². The monoisotopic (exact) mass is 467 g/mol.